The van der Waals surface area contributed by atoms with Gasteiger partial charge < -0.3 is 9.47 Å². The highest BCUT2D eigenvalue weighted by Crippen LogP contribution is 2.26. The molecule has 108 valence electrons. The molecular formula is C12H21N3O4. The number of nitrogens with one attached hydrogen (secondary N) is 1. The van der Waals surface area contributed by atoms with Crippen molar-refractivity contribution in [3.05, 3.63) is 0 Å². The summed E-state index contributed by atoms with van der Waals surface area (Å²) in [7, 11) is 2.48. The van der Waals surface area contributed by atoms with Crippen molar-refractivity contribution in [3.63, 3.8) is 0 Å². The zero-order chi connectivity index (χ0) is 14.6. The van der Waals surface area contributed by atoms with Gasteiger partial charge in [-0.25, -0.2) is 9.59 Å². The number of rotatable bonds is 5. The molecule has 0 bridgehead atoms. The van der Waals surface area contributed by atoms with Gasteiger partial charge in [0.05, 0.1) is 26.0 Å². The Morgan fingerprint density at radius 2 is 1.74 bits per heavy atom. The van der Waals surface area contributed by atoms with E-state index in [1.807, 2.05) is 18.7 Å². The van der Waals surface area contributed by atoms with Crippen molar-refractivity contribution in [1.82, 2.24) is 10.3 Å². The highest BCUT2D eigenvalue weighted by atomic mass is 16.5. The van der Waals surface area contributed by atoms with Gasteiger partial charge in [0, 0.05) is 0 Å². The first-order chi connectivity index (χ1) is 8.99. The molecule has 1 aliphatic heterocycles. The van der Waals surface area contributed by atoms with Crippen LogP contribution in [-0.2, 0) is 19.1 Å². The molecule has 0 saturated carbocycles. The maximum atomic E-state index is 12.1. The Labute approximate surface area is 112 Å². The van der Waals surface area contributed by atoms with Crippen LogP contribution in [0.4, 0.5) is 0 Å². The fourth-order valence-electron chi connectivity index (χ4n) is 2.46. The minimum absolute atomic E-state index is 0.512. The normalized spacial score (nSPS) is 20.7. The Kier molecular flexibility index (Phi) is 4.88. The summed E-state index contributed by atoms with van der Waals surface area (Å²) >= 11 is 0. The van der Waals surface area contributed by atoms with Gasteiger partial charge in [0.15, 0.2) is 0 Å². The molecule has 0 unspecified atom stereocenters. The summed E-state index contributed by atoms with van der Waals surface area (Å²) in [5.41, 5.74) is 1.64. The smallest absolute Gasteiger partial charge is 0.347 e. The number of carbonyl (C=O) groups is 2. The molecule has 7 heteroatoms. The van der Waals surface area contributed by atoms with E-state index < -0.39 is 23.5 Å². The van der Waals surface area contributed by atoms with E-state index in [-0.39, 0.29) is 0 Å². The summed E-state index contributed by atoms with van der Waals surface area (Å²) in [6, 6.07) is -0.512. The van der Waals surface area contributed by atoms with Crippen molar-refractivity contribution in [2.45, 2.75) is 32.4 Å². The first-order valence-corrected chi connectivity index (χ1v) is 6.21. The molecule has 1 rings (SSSR count). The summed E-state index contributed by atoms with van der Waals surface area (Å²) in [4.78, 5) is 26.3. The number of ether oxygens (including phenoxy) is 2. The Hall–Kier alpha value is -1.63. The predicted molar refractivity (Wildman–Crippen MR) is 69.7 cm³/mol. The van der Waals surface area contributed by atoms with Crippen LogP contribution in [0.25, 0.3) is 0 Å². The average Bonchev–Trinajstić information content (AvgIpc) is 2.78. The minimum Gasteiger partial charge on any atom is -0.467 e. The predicted octanol–water partition coefficient (Wildman–Crippen LogP) is -0.239. The van der Waals surface area contributed by atoms with Crippen molar-refractivity contribution < 1.29 is 19.1 Å². The van der Waals surface area contributed by atoms with Crippen molar-refractivity contribution in [3.8, 4) is 0 Å². The van der Waals surface area contributed by atoms with Gasteiger partial charge in [-0.15, -0.1) is 0 Å². The lowest BCUT2D eigenvalue weighted by molar-refractivity contribution is -0.165. The Morgan fingerprint density at radius 3 is 2.11 bits per heavy atom. The molecule has 0 fully saturated rings. The molecule has 0 saturated heterocycles. The number of carbonyl (C=O) groups excluding carboxylic acids is 2. The van der Waals surface area contributed by atoms with Gasteiger partial charge >= 0.3 is 11.9 Å². The van der Waals surface area contributed by atoms with Crippen molar-refractivity contribution in [2.24, 2.45) is 5.10 Å². The van der Waals surface area contributed by atoms with Crippen LogP contribution < -0.4 is 5.43 Å². The van der Waals surface area contributed by atoms with Gasteiger partial charge in [-0.3, -0.25) is 10.3 Å². The lowest BCUT2D eigenvalue weighted by Crippen LogP contribution is -2.67. The Bertz CT molecular complexity index is 374. The zero-order valence-corrected chi connectivity index (χ0v) is 12.0. The number of esters is 2. The van der Waals surface area contributed by atoms with E-state index in [4.69, 9.17) is 9.47 Å². The molecule has 1 aliphatic rings. The molecule has 0 aromatic rings. The highest BCUT2D eigenvalue weighted by molar-refractivity contribution is 6.13. The first-order valence-electron chi connectivity index (χ1n) is 6.21. The van der Waals surface area contributed by atoms with Gasteiger partial charge in [-0.2, -0.15) is 5.10 Å². The van der Waals surface area contributed by atoms with Crippen LogP contribution in [0, 0.1) is 0 Å². The van der Waals surface area contributed by atoms with Crippen LogP contribution in [0.2, 0.25) is 0 Å². The summed E-state index contributed by atoms with van der Waals surface area (Å²) in [6.45, 7) is 7.02. The molecule has 1 heterocycles. The fraction of sp³-hybridized carbons (Fsp3) is 0.750. The highest BCUT2D eigenvalue weighted by Gasteiger charge is 2.60. The fourth-order valence-corrected chi connectivity index (χ4v) is 2.46. The summed E-state index contributed by atoms with van der Waals surface area (Å²) < 4.78 is 9.55. The summed E-state index contributed by atoms with van der Waals surface area (Å²) in [5, 5.41) is 4.05. The van der Waals surface area contributed by atoms with Gasteiger partial charge in [0.2, 0.25) is 0 Å². The number of hydrogen-bond donors (Lipinski definition) is 1. The van der Waals surface area contributed by atoms with Crippen LogP contribution in [0.3, 0.4) is 0 Å². The largest absolute Gasteiger partial charge is 0.467 e. The standard InChI is InChI=1S/C12H21N3O4/c1-6-15(7-2)9-8(3)13-14-12(9,10(16)18-4)11(17)19-5/h9,14H,6-7H2,1-5H3/t9-/m1/s1. The second kappa shape index (κ2) is 6.01. The third-order valence-corrected chi connectivity index (χ3v) is 3.41. The van der Waals surface area contributed by atoms with E-state index in [0.717, 1.165) is 0 Å². The van der Waals surface area contributed by atoms with Crippen LogP contribution in [0.15, 0.2) is 5.10 Å². The third-order valence-electron chi connectivity index (χ3n) is 3.41. The van der Waals surface area contributed by atoms with Gasteiger partial charge in [0.1, 0.15) is 0 Å². The first kappa shape index (κ1) is 15.4. The third kappa shape index (κ3) is 2.30. The quantitative estimate of drug-likeness (QED) is 0.549. The number of hydrazone groups is 1. The second-order valence-electron chi connectivity index (χ2n) is 4.28. The van der Waals surface area contributed by atoms with Crippen molar-refractivity contribution in [1.29, 1.82) is 0 Å². The van der Waals surface area contributed by atoms with E-state index in [1.165, 1.54) is 14.2 Å². The van der Waals surface area contributed by atoms with Gasteiger partial charge in [-0.05, 0) is 20.0 Å². The lowest BCUT2D eigenvalue weighted by Gasteiger charge is -2.36. The second-order valence-corrected chi connectivity index (χ2v) is 4.28. The summed E-state index contributed by atoms with van der Waals surface area (Å²) in [6.07, 6.45) is 0. The zero-order valence-electron chi connectivity index (χ0n) is 12.0. The maximum absolute atomic E-state index is 12.1. The number of hydrogen-bond acceptors (Lipinski definition) is 7. The number of methoxy groups -OCH3 is 2. The molecule has 1 atom stereocenters. The average molecular weight is 271 g/mol. The van der Waals surface area contributed by atoms with E-state index in [2.05, 4.69) is 10.5 Å². The maximum Gasteiger partial charge on any atom is 0.347 e. The van der Waals surface area contributed by atoms with E-state index in [1.54, 1.807) is 6.92 Å². The van der Waals surface area contributed by atoms with Crippen LogP contribution in [0.5, 0.6) is 0 Å². The van der Waals surface area contributed by atoms with Crippen molar-refractivity contribution >= 4 is 17.7 Å². The molecule has 0 spiro atoms. The molecule has 0 aliphatic carbocycles. The molecule has 7 nitrogen and oxygen atoms in total. The van der Waals surface area contributed by atoms with E-state index in [9.17, 15) is 9.59 Å². The molecule has 0 amide bonds. The molecule has 0 aromatic carbocycles. The molecule has 19 heavy (non-hydrogen) atoms. The summed E-state index contributed by atoms with van der Waals surface area (Å²) in [5.74, 6) is -1.39. The number of nitrogens with zero attached hydrogens (tertiary/aromatic N) is 2. The van der Waals surface area contributed by atoms with Crippen molar-refractivity contribution in [2.75, 3.05) is 27.3 Å². The minimum atomic E-state index is -1.63. The van der Waals surface area contributed by atoms with E-state index in [0.29, 0.717) is 18.8 Å². The van der Waals surface area contributed by atoms with Crippen LogP contribution in [-0.4, -0.2) is 61.4 Å². The lowest BCUT2D eigenvalue weighted by atomic mass is 9.87. The molecule has 0 radical (unpaired) electrons. The molecule has 1 N–H and O–H groups in total. The Morgan fingerprint density at radius 1 is 1.26 bits per heavy atom. The molecule has 0 aromatic heterocycles. The van der Waals surface area contributed by atoms with Gasteiger partial charge in [0.25, 0.3) is 5.54 Å². The molecular weight excluding hydrogens is 250 g/mol. The SMILES string of the molecule is CCN(CC)[C@@H]1C(C)=NNC1(C(=O)OC)C(=O)OC. The number of likely N-dealkylation sites (N-methyl/N-ethyl adjacent to an activating group) is 1. The topological polar surface area (TPSA) is 80.2 Å². The van der Waals surface area contributed by atoms with Crippen LogP contribution in [0.1, 0.15) is 20.8 Å². The Balaban J connectivity index is 3.30. The van der Waals surface area contributed by atoms with E-state index >= 15 is 0 Å². The van der Waals surface area contributed by atoms with Gasteiger partial charge in [-0.1, -0.05) is 13.8 Å². The monoisotopic (exact) mass is 271 g/mol. The van der Waals surface area contributed by atoms with Crippen LogP contribution >= 0.6 is 0 Å².